The fourth-order valence-electron chi connectivity index (χ4n) is 4.98. The SMILES string of the molecule is CCCCOc1cccc(Oc2nc3c(c(=O)n2-c2cccnc2)CN(C(=O)CCNCc2ccc(OC(=O)CC)cc2)CC3)c1. The van der Waals surface area contributed by atoms with Gasteiger partial charge >= 0.3 is 12.0 Å². The number of carbonyl (C=O) groups excluding carboxylic acids is 2. The highest BCUT2D eigenvalue weighted by Crippen LogP contribution is 2.27. The number of esters is 1. The molecule has 11 heteroatoms. The first-order valence-corrected chi connectivity index (χ1v) is 15.7. The summed E-state index contributed by atoms with van der Waals surface area (Å²) in [6.45, 7) is 6.11. The van der Waals surface area contributed by atoms with E-state index in [-0.39, 0.29) is 36.4 Å². The average molecular weight is 626 g/mol. The van der Waals surface area contributed by atoms with Gasteiger partial charge in [0, 0.05) is 51.2 Å². The summed E-state index contributed by atoms with van der Waals surface area (Å²) in [7, 11) is 0. The van der Waals surface area contributed by atoms with Gasteiger partial charge in [0.1, 0.15) is 17.2 Å². The summed E-state index contributed by atoms with van der Waals surface area (Å²) >= 11 is 0. The van der Waals surface area contributed by atoms with Crippen LogP contribution in [0.5, 0.6) is 23.3 Å². The Morgan fingerprint density at radius 2 is 1.83 bits per heavy atom. The van der Waals surface area contributed by atoms with Crippen LogP contribution in [0.3, 0.4) is 0 Å². The van der Waals surface area contributed by atoms with Crippen LogP contribution in [0, 0.1) is 0 Å². The molecule has 1 aliphatic heterocycles. The lowest BCUT2D eigenvalue weighted by Crippen LogP contribution is -2.41. The molecule has 0 spiro atoms. The minimum atomic E-state index is -0.299. The molecule has 2 aromatic heterocycles. The van der Waals surface area contributed by atoms with Crippen LogP contribution in [0.4, 0.5) is 0 Å². The zero-order valence-corrected chi connectivity index (χ0v) is 26.2. The summed E-state index contributed by atoms with van der Waals surface area (Å²) < 4.78 is 18.6. The lowest BCUT2D eigenvalue weighted by molar-refractivity contribution is -0.134. The number of unbranched alkanes of at least 4 members (excludes halogenated alkanes) is 1. The number of pyridine rings is 1. The molecule has 11 nitrogen and oxygen atoms in total. The molecule has 0 radical (unpaired) electrons. The van der Waals surface area contributed by atoms with Crippen LogP contribution in [0.2, 0.25) is 0 Å². The van der Waals surface area contributed by atoms with E-state index in [4.69, 9.17) is 19.2 Å². The zero-order valence-electron chi connectivity index (χ0n) is 26.2. The van der Waals surface area contributed by atoms with Crippen LogP contribution in [0.1, 0.15) is 56.4 Å². The smallest absolute Gasteiger partial charge is 0.310 e. The van der Waals surface area contributed by atoms with E-state index in [1.165, 1.54) is 4.57 Å². The lowest BCUT2D eigenvalue weighted by atomic mass is 10.1. The van der Waals surface area contributed by atoms with Crippen molar-refractivity contribution in [1.29, 1.82) is 0 Å². The number of hydrogen-bond donors (Lipinski definition) is 1. The van der Waals surface area contributed by atoms with E-state index >= 15 is 0 Å². The van der Waals surface area contributed by atoms with Crippen molar-refractivity contribution < 1.29 is 23.8 Å². The Balaban J connectivity index is 1.25. The van der Waals surface area contributed by atoms with E-state index in [0.717, 1.165) is 18.4 Å². The third-order valence-corrected chi connectivity index (χ3v) is 7.53. The number of hydrogen-bond acceptors (Lipinski definition) is 9. The van der Waals surface area contributed by atoms with Gasteiger partial charge in [0.2, 0.25) is 5.91 Å². The van der Waals surface area contributed by atoms with Crippen LogP contribution in [-0.4, -0.2) is 51.0 Å². The fourth-order valence-corrected chi connectivity index (χ4v) is 4.98. The molecule has 3 heterocycles. The molecule has 5 rings (SSSR count). The summed E-state index contributed by atoms with van der Waals surface area (Å²) in [4.78, 5) is 49.3. The van der Waals surface area contributed by atoms with Gasteiger partial charge in [0.05, 0.1) is 36.3 Å². The topological polar surface area (TPSA) is 125 Å². The quantitative estimate of drug-likeness (QED) is 0.117. The van der Waals surface area contributed by atoms with Gasteiger partial charge in [0.25, 0.3) is 5.56 Å². The van der Waals surface area contributed by atoms with Crippen LogP contribution in [0.15, 0.2) is 77.9 Å². The number of ether oxygens (including phenoxy) is 3. The van der Waals surface area contributed by atoms with E-state index in [2.05, 4.69) is 17.2 Å². The van der Waals surface area contributed by atoms with Crippen molar-refractivity contribution in [3.8, 4) is 28.9 Å². The molecular formula is C35H39N5O6. The number of carbonyl (C=O) groups is 2. The van der Waals surface area contributed by atoms with Crippen molar-refractivity contribution in [2.75, 3.05) is 19.7 Å². The van der Waals surface area contributed by atoms with E-state index in [1.54, 1.807) is 60.6 Å². The highest BCUT2D eigenvalue weighted by Gasteiger charge is 2.27. The summed E-state index contributed by atoms with van der Waals surface area (Å²) in [6.07, 6.45) is 6.22. The van der Waals surface area contributed by atoms with Crippen LogP contribution in [0.25, 0.3) is 5.69 Å². The predicted molar refractivity (Wildman–Crippen MR) is 172 cm³/mol. The second-order valence-corrected chi connectivity index (χ2v) is 10.9. The molecule has 240 valence electrons. The molecule has 0 bridgehead atoms. The van der Waals surface area contributed by atoms with Crippen molar-refractivity contribution in [2.24, 2.45) is 0 Å². The van der Waals surface area contributed by atoms with Crippen LogP contribution in [-0.2, 0) is 29.1 Å². The molecule has 1 amide bonds. The normalized spacial score (nSPS) is 12.3. The van der Waals surface area contributed by atoms with Crippen molar-refractivity contribution in [1.82, 2.24) is 24.8 Å². The maximum Gasteiger partial charge on any atom is 0.310 e. The van der Waals surface area contributed by atoms with Gasteiger partial charge < -0.3 is 24.4 Å². The van der Waals surface area contributed by atoms with Crippen molar-refractivity contribution >= 4 is 11.9 Å². The molecule has 0 aliphatic carbocycles. The summed E-state index contributed by atoms with van der Waals surface area (Å²) in [5.74, 6) is 1.35. The Kier molecular flexibility index (Phi) is 11.1. The third kappa shape index (κ3) is 8.36. The van der Waals surface area contributed by atoms with E-state index in [0.29, 0.717) is 73.3 Å². The van der Waals surface area contributed by atoms with Crippen molar-refractivity contribution in [2.45, 2.75) is 59.0 Å². The second kappa shape index (κ2) is 15.8. The van der Waals surface area contributed by atoms with E-state index in [9.17, 15) is 14.4 Å². The first-order chi connectivity index (χ1) is 22.4. The lowest BCUT2D eigenvalue weighted by Gasteiger charge is -2.29. The van der Waals surface area contributed by atoms with Gasteiger partial charge in [-0.25, -0.2) is 9.55 Å². The Morgan fingerprint density at radius 3 is 2.59 bits per heavy atom. The van der Waals surface area contributed by atoms with Gasteiger partial charge in [-0.3, -0.25) is 19.4 Å². The number of nitrogens with one attached hydrogen (secondary N) is 1. The molecule has 0 saturated carbocycles. The molecule has 4 aromatic rings. The second-order valence-electron chi connectivity index (χ2n) is 10.9. The van der Waals surface area contributed by atoms with Gasteiger partial charge in [-0.1, -0.05) is 38.5 Å². The third-order valence-electron chi connectivity index (χ3n) is 7.53. The largest absolute Gasteiger partial charge is 0.493 e. The molecule has 0 saturated heterocycles. The number of rotatable bonds is 14. The molecule has 46 heavy (non-hydrogen) atoms. The number of fused-ring (bicyclic) bond motifs is 1. The predicted octanol–water partition coefficient (Wildman–Crippen LogP) is 4.98. The number of nitrogens with zero attached hydrogens (tertiary/aromatic N) is 4. The van der Waals surface area contributed by atoms with Gasteiger partial charge in [-0.05, 0) is 48.4 Å². The molecule has 0 fully saturated rings. The maximum absolute atomic E-state index is 14.0. The standard InChI is InChI=1S/C35H39N5O6/c1-3-5-20-44-28-9-6-10-29(21-28)46-35-38-31-16-19-39(24-30(31)34(43)40(35)26-8-7-17-36-23-26)32(41)15-18-37-22-25-11-13-27(14-12-25)45-33(42)4-2/h6-14,17,21,23,37H,3-5,15-16,18-20,22,24H2,1-2H3. The monoisotopic (exact) mass is 625 g/mol. The first kappa shape index (κ1) is 32.4. The summed E-state index contributed by atoms with van der Waals surface area (Å²) in [5.41, 5.74) is 2.30. The minimum absolute atomic E-state index is 0.0486. The number of aromatic nitrogens is 3. The Labute approximate surface area is 268 Å². The molecule has 0 atom stereocenters. The average Bonchev–Trinajstić information content (AvgIpc) is 3.08. The zero-order chi connectivity index (χ0) is 32.3. The van der Waals surface area contributed by atoms with Crippen molar-refractivity contribution in [3.63, 3.8) is 0 Å². The number of amides is 1. The van der Waals surface area contributed by atoms with Gasteiger partial charge in [-0.2, -0.15) is 0 Å². The molecule has 1 N–H and O–H groups in total. The molecule has 2 aromatic carbocycles. The molecule has 1 aliphatic rings. The van der Waals surface area contributed by atoms with Gasteiger partial charge in [-0.15, -0.1) is 0 Å². The Bertz CT molecular complexity index is 1690. The molecule has 0 unspecified atom stereocenters. The first-order valence-electron chi connectivity index (χ1n) is 15.7. The fraction of sp³-hybridized carbons (Fsp3) is 0.343. The maximum atomic E-state index is 14.0. The highest BCUT2D eigenvalue weighted by molar-refractivity contribution is 5.76. The van der Waals surface area contributed by atoms with Crippen LogP contribution >= 0.6 is 0 Å². The summed E-state index contributed by atoms with van der Waals surface area (Å²) in [5, 5.41) is 3.29. The molecular weight excluding hydrogens is 586 g/mol. The number of benzene rings is 2. The van der Waals surface area contributed by atoms with E-state index in [1.807, 2.05) is 24.3 Å². The van der Waals surface area contributed by atoms with Gasteiger partial charge in [0.15, 0.2) is 0 Å². The summed E-state index contributed by atoms with van der Waals surface area (Å²) in [6, 6.07) is 18.2. The minimum Gasteiger partial charge on any atom is -0.493 e. The Morgan fingerprint density at radius 1 is 1.00 bits per heavy atom. The van der Waals surface area contributed by atoms with Crippen molar-refractivity contribution in [3.05, 3.63) is 100 Å². The van der Waals surface area contributed by atoms with E-state index < -0.39 is 0 Å². The highest BCUT2D eigenvalue weighted by atomic mass is 16.5. The van der Waals surface area contributed by atoms with Crippen LogP contribution < -0.4 is 25.1 Å². The Hall–Kier alpha value is -5.03.